The largest absolute Gasteiger partial charge is 0.444 e. The summed E-state index contributed by atoms with van der Waals surface area (Å²) in [6.45, 7) is 9.96. The molecule has 7 nitrogen and oxygen atoms in total. The Balaban J connectivity index is 2.11. The summed E-state index contributed by atoms with van der Waals surface area (Å²) in [5.74, 6) is -0.284. The highest BCUT2D eigenvalue weighted by atomic mass is 16.6. The Labute approximate surface area is 143 Å². The van der Waals surface area contributed by atoms with E-state index in [9.17, 15) is 14.4 Å². The van der Waals surface area contributed by atoms with Crippen LogP contribution in [0.1, 0.15) is 60.3 Å². The highest BCUT2D eigenvalue weighted by molar-refractivity contribution is 6.03. The lowest BCUT2D eigenvalue weighted by Gasteiger charge is -2.36. The van der Waals surface area contributed by atoms with Crippen molar-refractivity contribution in [2.45, 2.75) is 77.5 Å². The van der Waals surface area contributed by atoms with Gasteiger partial charge in [0.1, 0.15) is 5.60 Å². The standard InChI is InChI=1S/C17H28N2O5/c1-6-17(7-2)13(20)19(15(22)24-17)12-9-8-10-18(11-12)14(21)23-16(3,4)5/h12H,6-11H2,1-5H3. The zero-order chi connectivity index (χ0) is 18.1. The van der Waals surface area contributed by atoms with E-state index in [4.69, 9.17) is 9.47 Å². The van der Waals surface area contributed by atoms with Crippen molar-refractivity contribution in [1.82, 2.24) is 9.80 Å². The van der Waals surface area contributed by atoms with Crippen molar-refractivity contribution < 1.29 is 23.9 Å². The summed E-state index contributed by atoms with van der Waals surface area (Å²) in [7, 11) is 0. The summed E-state index contributed by atoms with van der Waals surface area (Å²) in [6, 6.07) is -0.355. The number of rotatable bonds is 3. The summed E-state index contributed by atoms with van der Waals surface area (Å²) < 4.78 is 10.8. The van der Waals surface area contributed by atoms with Gasteiger partial charge in [-0.25, -0.2) is 14.5 Å². The van der Waals surface area contributed by atoms with Gasteiger partial charge in [0.2, 0.25) is 0 Å². The molecule has 0 N–H and O–H groups in total. The van der Waals surface area contributed by atoms with Crippen molar-refractivity contribution in [2.24, 2.45) is 0 Å². The van der Waals surface area contributed by atoms with Crippen LogP contribution in [0.3, 0.4) is 0 Å². The maximum atomic E-state index is 12.7. The number of cyclic esters (lactones) is 1. The highest BCUT2D eigenvalue weighted by Gasteiger charge is 2.54. The second-order valence-electron chi connectivity index (χ2n) is 7.47. The van der Waals surface area contributed by atoms with Crippen molar-refractivity contribution in [1.29, 1.82) is 0 Å². The summed E-state index contributed by atoms with van der Waals surface area (Å²) in [5.41, 5.74) is -1.63. The zero-order valence-electron chi connectivity index (χ0n) is 15.3. The smallest absolute Gasteiger partial charge is 0.418 e. The van der Waals surface area contributed by atoms with E-state index in [1.807, 2.05) is 34.6 Å². The molecule has 136 valence electrons. The molecule has 2 saturated heterocycles. The molecule has 0 bridgehead atoms. The lowest BCUT2D eigenvalue weighted by Crippen LogP contribution is -2.53. The van der Waals surface area contributed by atoms with Crippen LogP contribution in [-0.4, -0.2) is 58.2 Å². The monoisotopic (exact) mass is 340 g/mol. The third-order valence-electron chi connectivity index (χ3n) is 4.64. The third-order valence-corrected chi connectivity index (χ3v) is 4.64. The molecule has 2 aliphatic heterocycles. The average molecular weight is 340 g/mol. The molecule has 1 unspecified atom stereocenters. The number of hydrogen-bond acceptors (Lipinski definition) is 5. The predicted octanol–water partition coefficient (Wildman–Crippen LogP) is 2.92. The van der Waals surface area contributed by atoms with Crippen LogP contribution in [0.4, 0.5) is 9.59 Å². The normalized spacial score (nSPS) is 24.1. The van der Waals surface area contributed by atoms with Crippen molar-refractivity contribution in [2.75, 3.05) is 13.1 Å². The van der Waals surface area contributed by atoms with E-state index < -0.39 is 23.4 Å². The van der Waals surface area contributed by atoms with Gasteiger partial charge in [-0.2, -0.15) is 0 Å². The van der Waals surface area contributed by atoms with Gasteiger partial charge in [0, 0.05) is 13.1 Å². The van der Waals surface area contributed by atoms with Crippen LogP contribution >= 0.6 is 0 Å². The van der Waals surface area contributed by atoms with Gasteiger partial charge in [0.05, 0.1) is 6.04 Å². The van der Waals surface area contributed by atoms with E-state index in [0.717, 1.165) is 0 Å². The maximum absolute atomic E-state index is 12.7. The molecule has 3 amide bonds. The Hall–Kier alpha value is -1.79. The summed E-state index contributed by atoms with van der Waals surface area (Å²) in [4.78, 5) is 40.1. The molecule has 0 saturated carbocycles. The molecule has 0 radical (unpaired) electrons. The molecule has 0 aromatic heterocycles. The number of amides is 3. The van der Waals surface area contributed by atoms with Crippen molar-refractivity contribution >= 4 is 18.1 Å². The minimum Gasteiger partial charge on any atom is -0.444 e. The molecular weight excluding hydrogens is 312 g/mol. The molecule has 24 heavy (non-hydrogen) atoms. The van der Waals surface area contributed by atoms with Crippen molar-refractivity contribution in [3.05, 3.63) is 0 Å². The summed E-state index contributed by atoms with van der Waals surface area (Å²) in [6.07, 6.45) is 1.28. The highest BCUT2D eigenvalue weighted by Crippen LogP contribution is 2.34. The quantitative estimate of drug-likeness (QED) is 0.789. The number of carbonyl (C=O) groups excluding carboxylic acids is 3. The summed E-state index contributed by atoms with van der Waals surface area (Å²) in [5, 5.41) is 0. The van der Waals surface area contributed by atoms with E-state index in [-0.39, 0.29) is 11.9 Å². The lowest BCUT2D eigenvalue weighted by molar-refractivity contribution is -0.139. The average Bonchev–Trinajstić information content (AvgIpc) is 2.76. The Kier molecular flexibility index (Phi) is 5.11. The van der Waals surface area contributed by atoms with Crippen LogP contribution in [0.25, 0.3) is 0 Å². The maximum Gasteiger partial charge on any atom is 0.418 e. The van der Waals surface area contributed by atoms with Gasteiger partial charge in [0.25, 0.3) is 5.91 Å². The van der Waals surface area contributed by atoms with E-state index in [1.165, 1.54) is 4.90 Å². The Morgan fingerprint density at radius 2 is 1.92 bits per heavy atom. The molecule has 0 spiro atoms. The molecule has 1 atom stereocenters. The minimum atomic E-state index is -1.05. The Morgan fingerprint density at radius 3 is 2.42 bits per heavy atom. The SMILES string of the molecule is CCC1(CC)OC(=O)N(C2CCCN(C(=O)OC(C)(C)C)C2)C1=O. The van der Waals surface area contributed by atoms with Gasteiger partial charge in [-0.1, -0.05) is 13.8 Å². The van der Waals surface area contributed by atoms with E-state index in [0.29, 0.717) is 38.8 Å². The van der Waals surface area contributed by atoms with Gasteiger partial charge < -0.3 is 14.4 Å². The topological polar surface area (TPSA) is 76.2 Å². The Morgan fingerprint density at radius 1 is 1.29 bits per heavy atom. The van der Waals surface area contributed by atoms with Crippen LogP contribution in [-0.2, 0) is 14.3 Å². The fraction of sp³-hybridized carbons (Fsp3) is 0.824. The van der Waals surface area contributed by atoms with Crippen LogP contribution in [0, 0.1) is 0 Å². The minimum absolute atomic E-state index is 0.284. The van der Waals surface area contributed by atoms with E-state index in [1.54, 1.807) is 4.90 Å². The van der Waals surface area contributed by atoms with Gasteiger partial charge in [0.15, 0.2) is 5.60 Å². The second-order valence-corrected chi connectivity index (χ2v) is 7.47. The number of nitrogens with zero attached hydrogens (tertiary/aromatic N) is 2. The van der Waals surface area contributed by atoms with E-state index in [2.05, 4.69) is 0 Å². The molecule has 0 aliphatic carbocycles. The van der Waals surface area contributed by atoms with E-state index >= 15 is 0 Å². The second kappa shape index (κ2) is 6.61. The lowest BCUT2D eigenvalue weighted by atomic mass is 9.95. The van der Waals surface area contributed by atoms with Crippen LogP contribution in [0.2, 0.25) is 0 Å². The van der Waals surface area contributed by atoms with Gasteiger partial charge in [-0.3, -0.25) is 4.79 Å². The summed E-state index contributed by atoms with van der Waals surface area (Å²) >= 11 is 0. The van der Waals surface area contributed by atoms with Crippen LogP contribution in [0.5, 0.6) is 0 Å². The first kappa shape index (κ1) is 18.5. The van der Waals surface area contributed by atoms with Gasteiger partial charge in [-0.15, -0.1) is 0 Å². The van der Waals surface area contributed by atoms with Crippen LogP contribution < -0.4 is 0 Å². The number of imide groups is 1. The molecule has 0 aromatic rings. The van der Waals surface area contributed by atoms with Crippen molar-refractivity contribution in [3.8, 4) is 0 Å². The molecule has 2 fully saturated rings. The fourth-order valence-corrected chi connectivity index (χ4v) is 3.23. The molecule has 2 heterocycles. The molecule has 2 aliphatic rings. The van der Waals surface area contributed by atoms with Crippen molar-refractivity contribution in [3.63, 3.8) is 0 Å². The number of piperidine rings is 1. The molecule has 7 heteroatoms. The van der Waals surface area contributed by atoms with Gasteiger partial charge >= 0.3 is 12.2 Å². The molecule has 0 aromatic carbocycles. The Bertz CT molecular complexity index is 522. The first-order valence-electron chi connectivity index (χ1n) is 8.68. The number of likely N-dealkylation sites (tertiary alicyclic amines) is 1. The number of hydrogen-bond donors (Lipinski definition) is 0. The first-order valence-corrected chi connectivity index (χ1v) is 8.68. The third kappa shape index (κ3) is 3.49. The number of ether oxygens (including phenoxy) is 2. The fourth-order valence-electron chi connectivity index (χ4n) is 3.23. The molecular formula is C17H28N2O5. The van der Waals surface area contributed by atoms with Crippen LogP contribution in [0.15, 0.2) is 0 Å². The number of carbonyl (C=O) groups is 3. The first-order chi connectivity index (χ1) is 11.1. The molecule has 2 rings (SSSR count). The van der Waals surface area contributed by atoms with Gasteiger partial charge in [-0.05, 0) is 46.5 Å². The predicted molar refractivity (Wildman–Crippen MR) is 87.5 cm³/mol. The zero-order valence-corrected chi connectivity index (χ0v) is 15.3.